The van der Waals surface area contributed by atoms with Crippen LogP contribution in [-0.2, 0) is 9.53 Å². The number of nitrogens with one attached hydrogen (secondary N) is 2. The lowest BCUT2D eigenvalue weighted by Crippen LogP contribution is -2.25. The van der Waals surface area contributed by atoms with Gasteiger partial charge in [0.05, 0.1) is 0 Å². The molecule has 2 aromatic carbocycles. The summed E-state index contributed by atoms with van der Waals surface area (Å²) in [7, 11) is 1.62. The van der Waals surface area contributed by atoms with Crippen LogP contribution in [0.1, 0.15) is 22.3 Å². The zero-order chi connectivity index (χ0) is 18.8. The Labute approximate surface area is 158 Å². The highest BCUT2D eigenvalue weighted by Gasteiger charge is 2.05. The largest absolute Gasteiger partial charge is 0.385 e. The average molecular weight is 373 g/mol. The van der Waals surface area contributed by atoms with Gasteiger partial charge >= 0.3 is 0 Å². The summed E-state index contributed by atoms with van der Waals surface area (Å²) in [5, 5.41) is 6.13. The van der Waals surface area contributed by atoms with E-state index in [1.165, 1.54) is 6.08 Å². The molecule has 136 valence electrons. The molecular weight excluding hydrogens is 352 g/mol. The van der Waals surface area contributed by atoms with E-state index in [0.29, 0.717) is 29.4 Å². The molecule has 0 atom stereocenters. The third-order valence-electron chi connectivity index (χ3n) is 3.54. The first-order valence-corrected chi connectivity index (χ1v) is 8.59. The molecule has 0 aromatic heterocycles. The first-order valence-electron chi connectivity index (χ1n) is 8.21. The third-order valence-corrected chi connectivity index (χ3v) is 3.89. The standard InChI is InChI=1S/C20H21ClN2O3/c1-26-14-4-13-22-20(25)16-7-10-17(11-8-16)23-19(24)12-9-15-5-2-3-6-18(15)21/h2-3,5-12H,4,13-14H2,1H3,(H,22,25)(H,23,24)/b12-9+. The fourth-order valence-corrected chi connectivity index (χ4v) is 2.38. The van der Waals surface area contributed by atoms with Crippen molar-refractivity contribution >= 4 is 35.2 Å². The van der Waals surface area contributed by atoms with Crippen molar-refractivity contribution in [1.29, 1.82) is 0 Å². The second-order valence-corrected chi connectivity index (χ2v) is 5.93. The predicted molar refractivity (Wildman–Crippen MR) is 104 cm³/mol. The van der Waals surface area contributed by atoms with Gasteiger partial charge in [0, 0.05) is 42.6 Å². The Bertz CT molecular complexity index is 773. The summed E-state index contributed by atoms with van der Waals surface area (Å²) < 4.78 is 4.93. The molecule has 2 amide bonds. The Morgan fingerprint density at radius 3 is 2.54 bits per heavy atom. The van der Waals surface area contributed by atoms with Gasteiger partial charge in [-0.2, -0.15) is 0 Å². The molecule has 2 N–H and O–H groups in total. The molecule has 0 fully saturated rings. The average Bonchev–Trinajstić information content (AvgIpc) is 2.65. The lowest BCUT2D eigenvalue weighted by molar-refractivity contribution is -0.111. The zero-order valence-corrected chi connectivity index (χ0v) is 15.3. The number of carbonyl (C=O) groups excluding carboxylic acids is 2. The van der Waals surface area contributed by atoms with E-state index in [2.05, 4.69) is 10.6 Å². The summed E-state index contributed by atoms with van der Waals surface area (Å²) in [6, 6.07) is 14.0. The van der Waals surface area contributed by atoms with E-state index < -0.39 is 0 Å². The maximum atomic E-state index is 12.0. The number of carbonyl (C=O) groups is 2. The number of halogens is 1. The van der Waals surface area contributed by atoms with E-state index in [1.807, 2.05) is 18.2 Å². The predicted octanol–water partition coefficient (Wildman–Crippen LogP) is 3.76. The summed E-state index contributed by atoms with van der Waals surface area (Å²) in [5.74, 6) is -0.431. The molecule has 6 heteroatoms. The SMILES string of the molecule is COCCCNC(=O)c1ccc(NC(=O)/C=C/c2ccccc2Cl)cc1. The van der Waals surface area contributed by atoms with E-state index in [0.717, 1.165) is 12.0 Å². The van der Waals surface area contributed by atoms with Gasteiger partial charge in [0.1, 0.15) is 0 Å². The molecule has 0 bridgehead atoms. The Balaban J connectivity index is 1.87. The third kappa shape index (κ3) is 6.35. The van der Waals surface area contributed by atoms with Crippen molar-refractivity contribution in [1.82, 2.24) is 5.32 Å². The smallest absolute Gasteiger partial charge is 0.251 e. The monoisotopic (exact) mass is 372 g/mol. The minimum Gasteiger partial charge on any atom is -0.385 e. The van der Waals surface area contributed by atoms with Crippen molar-refractivity contribution in [3.63, 3.8) is 0 Å². The maximum absolute atomic E-state index is 12.0. The normalized spacial score (nSPS) is 10.7. The van der Waals surface area contributed by atoms with E-state index >= 15 is 0 Å². The van der Waals surface area contributed by atoms with E-state index in [1.54, 1.807) is 43.5 Å². The number of methoxy groups -OCH3 is 1. The van der Waals surface area contributed by atoms with Gasteiger partial charge < -0.3 is 15.4 Å². The lowest BCUT2D eigenvalue weighted by atomic mass is 10.2. The molecular formula is C20H21ClN2O3. The van der Waals surface area contributed by atoms with Crippen LogP contribution in [0, 0.1) is 0 Å². The van der Waals surface area contributed by atoms with Crippen molar-refractivity contribution in [2.24, 2.45) is 0 Å². The molecule has 0 saturated heterocycles. The molecule has 0 spiro atoms. The fourth-order valence-electron chi connectivity index (χ4n) is 2.19. The summed E-state index contributed by atoms with van der Waals surface area (Å²) in [6.45, 7) is 1.16. The van der Waals surface area contributed by atoms with Crippen LogP contribution in [0.2, 0.25) is 5.02 Å². The second-order valence-electron chi connectivity index (χ2n) is 5.52. The summed E-state index contributed by atoms with van der Waals surface area (Å²) in [4.78, 5) is 24.0. The Morgan fingerprint density at radius 2 is 1.85 bits per heavy atom. The number of hydrogen-bond acceptors (Lipinski definition) is 3. The van der Waals surface area contributed by atoms with Gasteiger partial charge in [-0.1, -0.05) is 29.8 Å². The van der Waals surface area contributed by atoms with E-state index in [9.17, 15) is 9.59 Å². The van der Waals surface area contributed by atoms with Crippen LogP contribution in [0.25, 0.3) is 6.08 Å². The van der Waals surface area contributed by atoms with Crippen molar-refractivity contribution in [3.05, 3.63) is 70.8 Å². The molecule has 0 unspecified atom stereocenters. The quantitative estimate of drug-likeness (QED) is 0.547. The first kappa shape index (κ1) is 19.7. The van der Waals surface area contributed by atoms with E-state index in [-0.39, 0.29) is 11.8 Å². The topological polar surface area (TPSA) is 67.4 Å². The van der Waals surface area contributed by atoms with Crippen LogP contribution >= 0.6 is 11.6 Å². The number of ether oxygens (including phenoxy) is 1. The van der Waals surface area contributed by atoms with Crippen LogP contribution in [-0.4, -0.2) is 32.1 Å². The molecule has 0 aliphatic heterocycles. The summed E-state index contributed by atoms with van der Waals surface area (Å²) in [6.07, 6.45) is 3.82. The summed E-state index contributed by atoms with van der Waals surface area (Å²) in [5.41, 5.74) is 1.91. The van der Waals surface area contributed by atoms with Gasteiger partial charge in [-0.05, 0) is 48.4 Å². The van der Waals surface area contributed by atoms with Crippen LogP contribution in [0.5, 0.6) is 0 Å². The number of rotatable bonds is 8. The molecule has 2 aromatic rings. The molecule has 0 radical (unpaired) electrons. The molecule has 26 heavy (non-hydrogen) atoms. The lowest BCUT2D eigenvalue weighted by Gasteiger charge is -2.06. The Kier molecular flexibility index (Phi) is 7.86. The first-order chi connectivity index (χ1) is 12.6. The highest BCUT2D eigenvalue weighted by atomic mass is 35.5. The minimum absolute atomic E-state index is 0.155. The molecule has 2 rings (SSSR count). The number of amides is 2. The Hall–Kier alpha value is -2.63. The summed E-state index contributed by atoms with van der Waals surface area (Å²) >= 11 is 6.04. The Morgan fingerprint density at radius 1 is 1.12 bits per heavy atom. The highest BCUT2D eigenvalue weighted by Crippen LogP contribution is 2.16. The fraction of sp³-hybridized carbons (Fsp3) is 0.200. The van der Waals surface area contributed by atoms with Crippen LogP contribution in [0.15, 0.2) is 54.6 Å². The van der Waals surface area contributed by atoms with Gasteiger partial charge in [-0.25, -0.2) is 0 Å². The van der Waals surface area contributed by atoms with Crippen LogP contribution in [0.4, 0.5) is 5.69 Å². The molecule has 0 aliphatic carbocycles. The second kappa shape index (κ2) is 10.4. The number of benzene rings is 2. The number of anilines is 1. The van der Waals surface area contributed by atoms with Gasteiger partial charge in [0.2, 0.25) is 5.91 Å². The maximum Gasteiger partial charge on any atom is 0.251 e. The van der Waals surface area contributed by atoms with Gasteiger partial charge in [0.15, 0.2) is 0 Å². The molecule has 0 saturated carbocycles. The highest BCUT2D eigenvalue weighted by molar-refractivity contribution is 6.32. The van der Waals surface area contributed by atoms with Crippen molar-refractivity contribution in [2.75, 3.05) is 25.6 Å². The number of hydrogen-bond donors (Lipinski definition) is 2. The van der Waals surface area contributed by atoms with Crippen molar-refractivity contribution in [3.8, 4) is 0 Å². The molecule has 0 heterocycles. The van der Waals surface area contributed by atoms with Crippen molar-refractivity contribution < 1.29 is 14.3 Å². The van der Waals surface area contributed by atoms with Crippen molar-refractivity contribution in [2.45, 2.75) is 6.42 Å². The minimum atomic E-state index is -0.276. The molecule has 5 nitrogen and oxygen atoms in total. The van der Waals surface area contributed by atoms with E-state index in [4.69, 9.17) is 16.3 Å². The van der Waals surface area contributed by atoms with Gasteiger partial charge in [-0.3, -0.25) is 9.59 Å². The zero-order valence-electron chi connectivity index (χ0n) is 14.5. The van der Waals surface area contributed by atoms with Crippen LogP contribution < -0.4 is 10.6 Å². The van der Waals surface area contributed by atoms with Gasteiger partial charge in [-0.15, -0.1) is 0 Å². The van der Waals surface area contributed by atoms with Crippen LogP contribution in [0.3, 0.4) is 0 Å². The van der Waals surface area contributed by atoms with Gasteiger partial charge in [0.25, 0.3) is 5.91 Å². The molecule has 0 aliphatic rings.